The Bertz CT molecular complexity index is 1840. The van der Waals surface area contributed by atoms with Crippen LogP contribution in [0, 0.1) is 11.8 Å². The lowest BCUT2D eigenvalue weighted by atomic mass is 9.99. The first-order valence-electron chi connectivity index (χ1n) is 39.5. The summed E-state index contributed by atoms with van der Waals surface area (Å²) in [6.45, 7) is 9.58. The topological polar surface area (TPSA) is 237 Å². The molecule has 95 heavy (non-hydrogen) atoms. The highest BCUT2D eigenvalue weighted by Gasteiger charge is 2.30. The maximum absolute atomic E-state index is 13.1. The fraction of sp³-hybridized carbons (Fsp3) is 0.947. The summed E-state index contributed by atoms with van der Waals surface area (Å²) in [4.78, 5) is 72.7. The zero-order valence-corrected chi connectivity index (χ0v) is 63.8. The molecule has 0 bridgehead atoms. The van der Waals surface area contributed by atoms with Crippen LogP contribution in [0.3, 0.4) is 0 Å². The van der Waals surface area contributed by atoms with Gasteiger partial charge in [0, 0.05) is 25.7 Å². The van der Waals surface area contributed by atoms with Crippen LogP contribution < -0.4 is 0 Å². The molecule has 19 heteroatoms. The third-order valence-electron chi connectivity index (χ3n) is 18.1. The molecular formula is C76H148O17P2. The SMILES string of the molecule is CCCCCCCCCCCCCCCCC(=O)OC[C@H](COP(=O)(O)OC[C@@H](O)COP(=O)(O)OC[C@@H](COC(=O)CCCCCCCCCCC)OC(=O)CCCCCCCCCC(C)C)OC(=O)CCCCCCCCCCCCCCCCCCCCC(C)CC. The van der Waals surface area contributed by atoms with Gasteiger partial charge in [0.1, 0.15) is 19.3 Å². The van der Waals surface area contributed by atoms with Crippen molar-refractivity contribution in [1.82, 2.24) is 0 Å². The third-order valence-corrected chi connectivity index (χ3v) is 20.0. The Hall–Kier alpha value is -1.94. The number of ether oxygens (including phenoxy) is 4. The maximum atomic E-state index is 13.1. The van der Waals surface area contributed by atoms with E-state index in [1.54, 1.807) is 0 Å². The second kappa shape index (κ2) is 67.9. The lowest BCUT2D eigenvalue weighted by Crippen LogP contribution is -2.30. The molecule has 6 atom stereocenters. The first kappa shape index (κ1) is 93.1. The molecule has 3 unspecified atom stereocenters. The van der Waals surface area contributed by atoms with Crippen molar-refractivity contribution in [3.63, 3.8) is 0 Å². The number of hydrogen-bond donors (Lipinski definition) is 3. The van der Waals surface area contributed by atoms with Gasteiger partial charge in [-0.1, -0.05) is 343 Å². The Morgan fingerprint density at radius 2 is 0.537 bits per heavy atom. The molecule has 564 valence electrons. The Labute approximate surface area is 581 Å². The van der Waals surface area contributed by atoms with Crippen LogP contribution in [-0.4, -0.2) is 96.7 Å². The van der Waals surface area contributed by atoms with E-state index in [0.717, 1.165) is 95.8 Å². The van der Waals surface area contributed by atoms with Crippen molar-refractivity contribution in [2.75, 3.05) is 39.6 Å². The quantitative estimate of drug-likeness (QED) is 0.0222. The van der Waals surface area contributed by atoms with Crippen LogP contribution in [0.5, 0.6) is 0 Å². The average Bonchev–Trinajstić information content (AvgIpc) is 2.12. The fourth-order valence-electron chi connectivity index (χ4n) is 11.6. The van der Waals surface area contributed by atoms with Crippen molar-refractivity contribution < 1.29 is 80.2 Å². The molecule has 0 aromatic heterocycles. The number of aliphatic hydroxyl groups excluding tert-OH is 1. The van der Waals surface area contributed by atoms with E-state index in [2.05, 4.69) is 41.5 Å². The number of carbonyl (C=O) groups is 4. The molecule has 0 fully saturated rings. The summed E-state index contributed by atoms with van der Waals surface area (Å²) in [7, 11) is -9.91. The number of hydrogen-bond acceptors (Lipinski definition) is 15. The van der Waals surface area contributed by atoms with E-state index in [0.29, 0.717) is 31.6 Å². The molecule has 0 radical (unpaired) electrons. The number of phosphoric acid groups is 2. The monoisotopic (exact) mass is 1400 g/mol. The third kappa shape index (κ3) is 69.0. The molecule has 0 aromatic rings. The van der Waals surface area contributed by atoms with E-state index in [1.807, 2.05) is 0 Å². The predicted molar refractivity (Wildman–Crippen MR) is 386 cm³/mol. The summed E-state index contributed by atoms with van der Waals surface area (Å²) in [5.74, 6) is -0.552. The number of esters is 4. The summed E-state index contributed by atoms with van der Waals surface area (Å²) in [5, 5.41) is 10.6. The number of phosphoric ester groups is 2. The smallest absolute Gasteiger partial charge is 0.462 e. The Kier molecular flexibility index (Phi) is 66.5. The van der Waals surface area contributed by atoms with Gasteiger partial charge in [-0.25, -0.2) is 9.13 Å². The molecule has 0 aromatic carbocycles. The van der Waals surface area contributed by atoms with Gasteiger partial charge in [0.25, 0.3) is 0 Å². The van der Waals surface area contributed by atoms with Crippen LogP contribution in [-0.2, 0) is 65.4 Å². The van der Waals surface area contributed by atoms with Crippen molar-refractivity contribution >= 4 is 39.5 Å². The zero-order chi connectivity index (χ0) is 70.0. The van der Waals surface area contributed by atoms with E-state index in [4.69, 9.17) is 37.0 Å². The number of unbranched alkanes of at least 4 members (excludes halogenated alkanes) is 44. The second-order valence-electron chi connectivity index (χ2n) is 28.1. The molecule has 0 saturated carbocycles. The van der Waals surface area contributed by atoms with Crippen LogP contribution in [0.4, 0.5) is 0 Å². The Balaban J connectivity index is 5.17. The predicted octanol–water partition coefficient (Wildman–Crippen LogP) is 22.3. The molecule has 0 rings (SSSR count). The normalized spacial score (nSPS) is 14.3. The summed E-state index contributed by atoms with van der Waals surface area (Å²) in [5.41, 5.74) is 0. The largest absolute Gasteiger partial charge is 0.472 e. The summed E-state index contributed by atoms with van der Waals surface area (Å²) >= 11 is 0. The molecule has 17 nitrogen and oxygen atoms in total. The lowest BCUT2D eigenvalue weighted by molar-refractivity contribution is -0.161. The number of rotatable bonds is 75. The van der Waals surface area contributed by atoms with Crippen LogP contribution >= 0.6 is 15.6 Å². The Morgan fingerprint density at radius 1 is 0.305 bits per heavy atom. The minimum absolute atomic E-state index is 0.104. The van der Waals surface area contributed by atoms with Crippen molar-refractivity contribution in [1.29, 1.82) is 0 Å². The maximum Gasteiger partial charge on any atom is 0.472 e. The molecular weight excluding hydrogens is 1250 g/mol. The van der Waals surface area contributed by atoms with Gasteiger partial charge in [-0.05, 0) is 37.5 Å². The first-order valence-corrected chi connectivity index (χ1v) is 42.5. The van der Waals surface area contributed by atoms with Crippen molar-refractivity contribution in [2.24, 2.45) is 11.8 Å². The second-order valence-corrected chi connectivity index (χ2v) is 31.0. The standard InChI is InChI=1S/C76H148O17P2/c1-7-10-12-14-16-18-19-20-28-31-35-41-47-53-59-74(79)87-64-71(92-75(80)60-54-48-42-36-32-29-26-24-22-21-23-25-27-30-34-39-45-51-57-69(6)9-3)66-90-94(82,83)88-62-70(77)63-89-95(84,85)91-67-72(65-86-73(78)58-52-46-40-33-17-15-13-11-8-2)93-76(81)61-55-49-43-37-38-44-50-56-68(4)5/h68-72,77H,7-67H2,1-6H3,(H,82,83)(H,84,85)/t69?,70-,71-,72-/m1/s1. The molecule has 0 heterocycles. The van der Waals surface area contributed by atoms with Gasteiger partial charge < -0.3 is 33.8 Å². The van der Waals surface area contributed by atoms with Crippen molar-refractivity contribution in [3.05, 3.63) is 0 Å². The first-order chi connectivity index (χ1) is 45.9. The summed E-state index contributed by atoms with van der Waals surface area (Å²) in [6.07, 6.45) is 55.6. The van der Waals surface area contributed by atoms with Crippen LogP contribution in [0.2, 0.25) is 0 Å². The summed E-state index contributed by atoms with van der Waals surface area (Å²) in [6, 6.07) is 0. The van der Waals surface area contributed by atoms with Gasteiger partial charge in [-0.2, -0.15) is 0 Å². The van der Waals surface area contributed by atoms with E-state index < -0.39 is 97.5 Å². The Morgan fingerprint density at radius 3 is 0.800 bits per heavy atom. The summed E-state index contributed by atoms with van der Waals surface area (Å²) < 4.78 is 68.4. The van der Waals surface area contributed by atoms with E-state index in [-0.39, 0.29) is 25.7 Å². The van der Waals surface area contributed by atoms with Crippen LogP contribution in [0.25, 0.3) is 0 Å². The molecule has 0 spiro atoms. The van der Waals surface area contributed by atoms with E-state index in [1.165, 1.54) is 212 Å². The molecule has 0 amide bonds. The fourth-order valence-corrected chi connectivity index (χ4v) is 13.2. The average molecular weight is 1400 g/mol. The number of aliphatic hydroxyl groups is 1. The van der Waals surface area contributed by atoms with Gasteiger partial charge in [-0.15, -0.1) is 0 Å². The van der Waals surface area contributed by atoms with Crippen molar-refractivity contribution in [3.8, 4) is 0 Å². The highest BCUT2D eigenvalue weighted by Crippen LogP contribution is 2.45. The highest BCUT2D eigenvalue weighted by atomic mass is 31.2. The van der Waals surface area contributed by atoms with Gasteiger partial charge in [-0.3, -0.25) is 37.3 Å². The van der Waals surface area contributed by atoms with Gasteiger partial charge >= 0.3 is 39.5 Å². The molecule has 0 aliphatic carbocycles. The molecule has 0 aliphatic rings. The van der Waals surface area contributed by atoms with Gasteiger partial charge in [0.15, 0.2) is 12.2 Å². The highest BCUT2D eigenvalue weighted by molar-refractivity contribution is 7.47. The lowest BCUT2D eigenvalue weighted by Gasteiger charge is -2.21. The van der Waals surface area contributed by atoms with Gasteiger partial charge in [0.2, 0.25) is 0 Å². The van der Waals surface area contributed by atoms with Crippen LogP contribution in [0.1, 0.15) is 395 Å². The van der Waals surface area contributed by atoms with Gasteiger partial charge in [0.05, 0.1) is 26.4 Å². The van der Waals surface area contributed by atoms with E-state index >= 15 is 0 Å². The van der Waals surface area contributed by atoms with E-state index in [9.17, 15) is 43.2 Å². The molecule has 3 N–H and O–H groups in total. The van der Waals surface area contributed by atoms with Crippen molar-refractivity contribution in [2.45, 2.75) is 413 Å². The van der Waals surface area contributed by atoms with Crippen LogP contribution in [0.15, 0.2) is 0 Å². The minimum atomic E-state index is -4.96. The zero-order valence-electron chi connectivity index (χ0n) is 62.0. The number of carbonyl (C=O) groups excluding carboxylic acids is 4. The molecule has 0 aliphatic heterocycles. The minimum Gasteiger partial charge on any atom is -0.462 e. The molecule has 0 saturated heterocycles.